The Morgan fingerprint density at radius 3 is 2.50 bits per heavy atom. The molecule has 0 aromatic rings. The molecule has 0 heterocycles. The summed E-state index contributed by atoms with van der Waals surface area (Å²) in [5, 5.41) is 0. The summed E-state index contributed by atoms with van der Waals surface area (Å²) in [7, 11) is 0. The van der Waals surface area contributed by atoms with Crippen molar-refractivity contribution < 1.29 is 0 Å². The molecule has 0 aliphatic carbocycles. The molecule has 0 saturated carbocycles. The Kier molecular flexibility index (Phi) is 5.73. The second-order valence-corrected chi connectivity index (χ2v) is 2.79. The molecule has 8 heavy (non-hydrogen) atoms. The smallest absolute Gasteiger partial charge is 0.00978 e. The minimum Gasteiger partial charge on any atom is -0.179 e. The van der Waals surface area contributed by atoms with E-state index in [0.717, 1.165) is 11.7 Å². The number of thiol groups is 1. The normalized spacial score (nSPS) is 10.5. The Morgan fingerprint density at radius 2 is 2.12 bits per heavy atom. The minimum absolute atomic E-state index is 0.745. The number of rotatable bonds is 4. The molecule has 0 spiro atoms. The lowest BCUT2D eigenvalue weighted by Crippen LogP contribution is -1.87. The zero-order chi connectivity index (χ0) is 6.41. The van der Waals surface area contributed by atoms with E-state index in [1.54, 1.807) is 0 Å². The van der Waals surface area contributed by atoms with Crippen LogP contribution in [0.1, 0.15) is 26.7 Å². The van der Waals surface area contributed by atoms with Crippen molar-refractivity contribution in [3.8, 4) is 0 Å². The average Bonchev–Trinajstić information content (AvgIpc) is 1.66. The molecule has 0 aliphatic heterocycles. The van der Waals surface area contributed by atoms with Gasteiger partial charge in [0.15, 0.2) is 0 Å². The van der Waals surface area contributed by atoms with Crippen LogP contribution in [0, 0.1) is 12.3 Å². The fourth-order valence-electron chi connectivity index (χ4n) is 0.542. The summed E-state index contributed by atoms with van der Waals surface area (Å²) in [6.45, 7) is 4.41. The van der Waals surface area contributed by atoms with Crippen LogP contribution in [0.2, 0.25) is 0 Å². The summed E-state index contributed by atoms with van der Waals surface area (Å²) in [4.78, 5) is 0. The maximum atomic E-state index is 4.10. The molecule has 0 amide bonds. The van der Waals surface area contributed by atoms with Crippen LogP contribution in [0.5, 0.6) is 0 Å². The molecule has 0 aliphatic rings. The van der Waals surface area contributed by atoms with Crippen molar-refractivity contribution in [2.24, 2.45) is 5.92 Å². The molecular formula is C7H15S. The van der Waals surface area contributed by atoms with Crippen molar-refractivity contribution >= 4 is 12.6 Å². The Morgan fingerprint density at radius 1 is 1.50 bits per heavy atom. The second kappa shape index (κ2) is 5.49. The molecule has 0 atom stereocenters. The third kappa shape index (κ3) is 6.35. The van der Waals surface area contributed by atoms with E-state index in [9.17, 15) is 0 Å². The molecule has 0 unspecified atom stereocenters. The fraction of sp³-hybridized carbons (Fsp3) is 0.857. The quantitative estimate of drug-likeness (QED) is 0.440. The molecule has 0 saturated heterocycles. The van der Waals surface area contributed by atoms with E-state index in [1.165, 1.54) is 12.8 Å². The summed E-state index contributed by atoms with van der Waals surface area (Å²) in [6.07, 6.45) is 4.78. The monoisotopic (exact) mass is 131 g/mol. The first kappa shape index (κ1) is 8.35. The predicted octanol–water partition coefficient (Wildman–Crippen LogP) is 2.56. The lowest BCUT2D eigenvalue weighted by atomic mass is 10.1. The van der Waals surface area contributed by atoms with Crippen LogP contribution in [-0.4, -0.2) is 5.75 Å². The van der Waals surface area contributed by atoms with Gasteiger partial charge in [0.05, 0.1) is 0 Å². The molecule has 49 valence electrons. The third-order valence-corrected chi connectivity index (χ3v) is 1.32. The van der Waals surface area contributed by atoms with Crippen molar-refractivity contribution in [2.75, 3.05) is 5.75 Å². The Balaban J connectivity index is 2.72. The lowest BCUT2D eigenvalue weighted by Gasteiger charge is -1.99. The highest BCUT2D eigenvalue weighted by atomic mass is 32.1. The predicted molar refractivity (Wildman–Crippen MR) is 42.2 cm³/mol. The van der Waals surface area contributed by atoms with Gasteiger partial charge in [0.1, 0.15) is 0 Å². The van der Waals surface area contributed by atoms with Gasteiger partial charge in [-0.05, 0) is 30.9 Å². The van der Waals surface area contributed by atoms with Crippen LogP contribution in [0.25, 0.3) is 0 Å². The van der Waals surface area contributed by atoms with E-state index in [1.807, 2.05) is 0 Å². The molecular weight excluding hydrogens is 116 g/mol. The third-order valence-electron chi connectivity index (χ3n) is 1.00. The van der Waals surface area contributed by atoms with E-state index >= 15 is 0 Å². The molecule has 0 fully saturated rings. The summed E-state index contributed by atoms with van der Waals surface area (Å²) in [5.41, 5.74) is 0. The average molecular weight is 131 g/mol. The van der Waals surface area contributed by atoms with E-state index in [0.29, 0.717) is 0 Å². The van der Waals surface area contributed by atoms with Crippen LogP contribution in [0.3, 0.4) is 0 Å². The van der Waals surface area contributed by atoms with Crippen LogP contribution in [-0.2, 0) is 0 Å². The van der Waals surface area contributed by atoms with E-state index in [4.69, 9.17) is 0 Å². The van der Waals surface area contributed by atoms with Gasteiger partial charge in [-0.2, -0.15) is 12.6 Å². The Labute approximate surface area is 58.1 Å². The van der Waals surface area contributed by atoms with Gasteiger partial charge in [0.25, 0.3) is 0 Å². The SMILES string of the molecule is CC(C)[CH]CCCS. The number of unbranched alkanes of at least 4 members (excludes halogenated alkanes) is 1. The zero-order valence-electron chi connectivity index (χ0n) is 5.72. The second-order valence-electron chi connectivity index (χ2n) is 2.35. The van der Waals surface area contributed by atoms with Crippen molar-refractivity contribution in [3.05, 3.63) is 6.42 Å². The van der Waals surface area contributed by atoms with Crippen LogP contribution >= 0.6 is 12.6 Å². The van der Waals surface area contributed by atoms with Gasteiger partial charge in [0, 0.05) is 0 Å². The summed E-state index contributed by atoms with van der Waals surface area (Å²) in [6, 6.07) is 0. The maximum Gasteiger partial charge on any atom is -0.00978 e. The summed E-state index contributed by atoms with van der Waals surface area (Å²) >= 11 is 4.10. The molecule has 0 aromatic carbocycles. The van der Waals surface area contributed by atoms with Crippen LogP contribution < -0.4 is 0 Å². The minimum atomic E-state index is 0.745. The van der Waals surface area contributed by atoms with Crippen LogP contribution in [0.15, 0.2) is 0 Å². The summed E-state index contributed by atoms with van der Waals surface area (Å²) < 4.78 is 0. The van der Waals surface area contributed by atoms with Gasteiger partial charge in [-0.25, -0.2) is 0 Å². The van der Waals surface area contributed by atoms with Gasteiger partial charge in [-0.1, -0.05) is 13.8 Å². The molecule has 0 rings (SSSR count). The first-order valence-corrected chi connectivity index (χ1v) is 3.84. The van der Waals surface area contributed by atoms with Gasteiger partial charge in [-0.15, -0.1) is 0 Å². The van der Waals surface area contributed by atoms with Crippen molar-refractivity contribution in [1.29, 1.82) is 0 Å². The molecule has 0 N–H and O–H groups in total. The van der Waals surface area contributed by atoms with Crippen molar-refractivity contribution in [3.63, 3.8) is 0 Å². The molecule has 0 aromatic heterocycles. The summed E-state index contributed by atoms with van der Waals surface area (Å²) in [5.74, 6) is 1.76. The maximum absolute atomic E-state index is 4.10. The molecule has 0 bridgehead atoms. The largest absolute Gasteiger partial charge is 0.179 e. The molecule has 0 nitrogen and oxygen atoms in total. The highest BCUT2D eigenvalue weighted by molar-refractivity contribution is 7.80. The lowest BCUT2D eigenvalue weighted by molar-refractivity contribution is 0.695. The van der Waals surface area contributed by atoms with E-state index < -0.39 is 0 Å². The molecule has 1 radical (unpaired) electrons. The highest BCUT2D eigenvalue weighted by Gasteiger charge is 1.91. The topological polar surface area (TPSA) is 0 Å². The Hall–Kier alpha value is 0.350. The number of hydrogen-bond donors (Lipinski definition) is 1. The number of hydrogen-bond acceptors (Lipinski definition) is 1. The van der Waals surface area contributed by atoms with Gasteiger partial charge in [-0.3, -0.25) is 0 Å². The van der Waals surface area contributed by atoms with Gasteiger partial charge >= 0.3 is 0 Å². The van der Waals surface area contributed by atoms with Gasteiger partial charge < -0.3 is 0 Å². The standard InChI is InChI=1S/C7H15S/c1-7(2)5-3-4-6-8/h5,7-8H,3-4,6H2,1-2H3. The fourth-order valence-corrected chi connectivity index (χ4v) is 0.725. The van der Waals surface area contributed by atoms with Crippen LogP contribution in [0.4, 0.5) is 0 Å². The van der Waals surface area contributed by atoms with E-state index in [2.05, 4.69) is 32.9 Å². The first-order chi connectivity index (χ1) is 3.77. The first-order valence-electron chi connectivity index (χ1n) is 3.21. The van der Waals surface area contributed by atoms with Crippen molar-refractivity contribution in [1.82, 2.24) is 0 Å². The molecule has 1 heteroatoms. The van der Waals surface area contributed by atoms with E-state index in [-0.39, 0.29) is 0 Å². The highest BCUT2D eigenvalue weighted by Crippen LogP contribution is 2.04. The van der Waals surface area contributed by atoms with Gasteiger partial charge in [0.2, 0.25) is 0 Å². The van der Waals surface area contributed by atoms with Crippen molar-refractivity contribution in [2.45, 2.75) is 26.7 Å². The zero-order valence-corrected chi connectivity index (χ0v) is 6.62. The Bertz CT molecular complexity index is 41.7.